The number of hydrogen-bond acceptors (Lipinski definition) is 11. The predicted octanol–water partition coefficient (Wildman–Crippen LogP) is 7.37. The molecule has 2 amide bonds. The van der Waals surface area contributed by atoms with E-state index in [0.717, 1.165) is 59.1 Å². The number of aromatic nitrogens is 3. The van der Waals surface area contributed by atoms with Gasteiger partial charge in [-0.25, -0.2) is 24.2 Å². The van der Waals surface area contributed by atoms with Crippen LogP contribution in [0.3, 0.4) is 0 Å². The standard InChI is InChI=1S/C29H29ClN8O2.3C2HF3O2/c1-40-24-4-2-3-23(15-24)37-9-11-38(12-10-37)29(39)35-26-8-7-21-14-20(26)6-5-19-13-22(17-31-16-19)34-28-32-18-25(30)27(33-21)36-28;3*3-2(4,5)1(6)7/h2-4,7-8,13-18H,5-6,9-12H2,1H3,(H,35,39)(H2,32,33,34,36);3*(H,6,7). The molecule has 6 bridgehead atoms. The van der Waals surface area contributed by atoms with E-state index in [2.05, 4.69) is 41.9 Å². The van der Waals surface area contributed by atoms with Gasteiger partial charge in [-0.3, -0.25) is 4.98 Å². The lowest BCUT2D eigenvalue weighted by atomic mass is 10.0. The molecule has 0 aliphatic carbocycles. The SMILES string of the molecule is COc1cccc(N2CCN(C(=O)Nc3ccc4cc3CCc3cncc(c3)Nc3ncc(Cl)c(n3)N4)CC2)c1.O=C(O)C(F)(F)F.O=C(O)C(F)(F)F.O=C(O)C(F)(F)F. The summed E-state index contributed by atoms with van der Waals surface area (Å²) in [5.41, 5.74) is 5.53. The van der Waals surface area contributed by atoms with Crippen molar-refractivity contribution in [2.75, 3.05) is 54.1 Å². The van der Waals surface area contributed by atoms with Crippen LogP contribution >= 0.6 is 11.6 Å². The first-order valence-corrected chi connectivity index (χ1v) is 17.2. The van der Waals surface area contributed by atoms with Gasteiger partial charge in [-0.2, -0.15) is 44.5 Å². The molecule has 2 aromatic carbocycles. The smallest absolute Gasteiger partial charge is 0.490 e. The summed E-state index contributed by atoms with van der Waals surface area (Å²) in [6.07, 6.45) is -8.67. The Hall–Kier alpha value is -6.79. The molecule has 1 fully saturated rings. The third-order valence-electron chi connectivity index (χ3n) is 7.80. The molecular weight excluding hydrogens is 867 g/mol. The Kier molecular flexibility index (Phi) is 16.7. The minimum Gasteiger partial charge on any atom is -0.497 e. The van der Waals surface area contributed by atoms with Gasteiger partial charge in [-0.05, 0) is 60.4 Å². The van der Waals surface area contributed by atoms with E-state index < -0.39 is 36.4 Å². The van der Waals surface area contributed by atoms with E-state index in [1.165, 1.54) is 0 Å². The van der Waals surface area contributed by atoms with Gasteiger partial charge in [0.15, 0.2) is 5.82 Å². The van der Waals surface area contributed by atoms with Crippen molar-refractivity contribution in [2.24, 2.45) is 0 Å². The first-order chi connectivity index (χ1) is 28.4. The molecule has 61 heavy (non-hydrogen) atoms. The van der Waals surface area contributed by atoms with Crippen molar-refractivity contribution in [3.05, 3.63) is 83.3 Å². The number of anilines is 6. The highest BCUT2D eigenvalue weighted by Crippen LogP contribution is 2.30. The molecule has 0 radical (unpaired) electrons. The van der Waals surface area contributed by atoms with E-state index in [-0.39, 0.29) is 6.03 Å². The topological polar surface area (TPSA) is 219 Å². The molecular formula is C35H32ClF9N8O8. The van der Waals surface area contributed by atoms with E-state index in [1.807, 2.05) is 53.6 Å². The quantitative estimate of drug-likeness (QED) is 0.111. The molecule has 26 heteroatoms. The monoisotopic (exact) mass is 898 g/mol. The second kappa shape index (κ2) is 20.9. The highest BCUT2D eigenvalue weighted by atomic mass is 35.5. The van der Waals surface area contributed by atoms with Crippen molar-refractivity contribution >= 4 is 70.1 Å². The Morgan fingerprint density at radius 3 is 1.90 bits per heavy atom. The lowest BCUT2D eigenvalue weighted by Gasteiger charge is -2.36. The number of hydrogen-bond donors (Lipinski definition) is 6. The number of ether oxygens (including phenoxy) is 1. The summed E-state index contributed by atoms with van der Waals surface area (Å²) >= 11 is 6.38. The highest BCUT2D eigenvalue weighted by Gasteiger charge is 2.39. The number of halogens is 10. The number of piperazine rings is 1. The fourth-order valence-corrected chi connectivity index (χ4v) is 5.06. The Morgan fingerprint density at radius 2 is 1.34 bits per heavy atom. The van der Waals surface area contributed by atoms with Gasteiger partial charge in [0, 0.05) is 55.5 Å². The third-order valence-corrected chi connectivity index (χ3v) is 8.08. The van der Waals surface area contributed by atoms with Gasteiger partial charge in [-0.15, -0.1) is 0 Å². The van der Waals surface area contributed by atoms with Gasteiger partial charge in [0.2, 0.25) is 5.95 Å². The van der Waals surface area contributed by atoms with Crippen LogP contribution in [0.4, 0.5) is 78.8 Å². The van der Waals surface area contributed by atoms with Crippen LogP contribution in [-0.2, 0) is 27.2 Å². The van der Waals surface area contributed by atoms with Gasteiger partial charge in [0.1, 0.15) is 10.8 Å². The zero-order valence-corrected chi connectivity index (χ0v) is 31.7. The van der Waals surface area contributed by atoms with Gasteiger partial charge >= 0.3 is 42.5 Å². The number of carboxylic acid groups (broad SMARTS) is 3. The number of aliphatic carboxylic acids is 3. The number of aryl methyl sites for hydroxylation is 2. The molecule has 6 N–H and O–H groups in total. The Labute approximate surface area is 342 Å². The van der Waals surface area contributed by atoms with Gasteiger partial charge in [0.05, 0.1) is 25.2 Å². The number of rotatable bonds is 3. The summed E-state index contributed by atoms with van der Waals surface area (Å²) < 4.78 is 101. The average Bonchev–Trinajstić information content (AvgIpc) is 3.19. The molecule has 4 aromatic rings. The number of alkyl halides is 9. The van der Waals surface area contributed by atoms with Crippen LogP contribution in [0.1, 0.15) is 11.1 Å². The van der Waals surface area contributed by atoms with Gasteiger partial charge < -0.3 is 45.8 Å². The molecule has 1 saturated heterocycles. The molecule has 16 nitrogen and oxygen atoms in total. The van der Waals surface area contributed by atoms with Crippen LogP contribution in [0, 0.1) is 0 Å². The van der Waals surface area contributed by atoms with Crippen LogP contribution in [0.25, 0.3) is 0 Å². The maximum Gasteiger partial charge on any atom is 0.490 e. The van der Waals surface area contributed by atoms with Crippen molar-refractivity contribution in [1.82, 2.24) is 19.9 Å². The molecule has 2 aliphatic rings. The average molecular weight is 899 g/mol. The molecule has 4 heterocycles. The molecule has 2 aliphatic heterocycles. The molecule has 0 atom stereocenters. The number of nitrogens with one attached hydrogen (secondary N) is 3. The number of methoxy groups -OCH3 is 1. The molecule has 2 aromatic heterocycles. The Bertz CT molecular complexity index is 2110. The van der Waals surface area contributed by atoms with Crippen LogP contribution in [0.5, 0.6) is 5.75 Å². The van der Waals surface area contributed by atoms with Gasteiger partial charge in [0.25, 0.3) is 0 Å². The Balaban J connectivity index is 0.000000390. The third kappa shape index (κ3) is 15.7. The minimum atomic E-state index is -5.08. The lowest BCUT2D eigenvalue weighted by molar-refractivity contribution is -0.193. The molecule has 0 unspecified atom stereocenters. The van der Waals surface area contributed by atoms with Crippen molar-refractivity contribution in [3.8, 4) is 5.75 Å². The summed E-state index contributed by atoms with van der Waals surface area (Å²) in [4.78, 5) is 57.3. The van der Waals surface area contributed by atoms with Crippen molar-refractivity contribution < 1.29 is 78.7 Å². The van der Waals surface area contributed by atoms with Crippen LogP contribution < -0.4 is 25.6 Å². The summed E-state index contributed by atoms with van der Waals surface area (Å²) in [6.45, 7) is 2.74. The van der Waals surface area contributed by atoms with Crippen molar-refractivity contribution in [1.29, 1.82) is 0 Å². The predicted molar refractivity (Wildman–Crippen MR) is 199 cm³/mol. The molecule has 330 valence electrons. The largest absolute Gasteiger partial charge is 0.497 e. The van der Waals surface area contributed by atoms with Crippen LogP contribution in [-0.4, -0.2) is 111 Å². The Morgan fingerprint density at radius 1 is 0.754 bits per heavy atom. The van der Waals surface area contributed by atoms with Crippen molar-refractivity contribution in [2.45, 2.75) is 31.4 Å². The lowest BCUT2D eigenvalue weighted by Crippen LogP contribution is -2.50. The number of carbonyl (C=O) groups excluding carboxylic acids is 1. The second-order valence-corrected chi connectivity index (χ2v) is 12.5. The maximum atomic E-state index is 13.3. The number of pyridine rings is 1. The number of urea groups is 1. The maximum absolute atomic E-state index is 13.3. The summed E-state index contributed by atoms with van der Waals surface area (Å²) in [6, 6.07) is 15.8. The number of fused-ring (bicyclic) bond motifs is 6. The van der Waals surface area contributed by atoms with Gasteiger partial charge in [-0.1, -0.05) is 17.7 Å². The van der Waals surface area contributed by atoms with Crippen LogP contribution in [0.15, 0.2) is 67.1 Å². The highest BCUT2D eigenvalue weighted by molar-refractivity contribution is 6.32. The number of benzene rings is 2. The second-order valence-electron chi connectivity index (χ2n) is 12.1. The molecule has 0 spiro atoms. The van der Waals surface area contributed by atoms with E-state index >= 15 is 0 Å². The fraction of sp³-hybridized carbons (Fsp3) is 0.286. The normalized spacial score (nSPS) is 13.4. The van der Waals surface area contributed by atoms with E-state index in [1.54, 1.807) is 19.5 Å². The number of carboxylic acids is 3. The minimum absolute atomic E-state index is 0.110. The molecule has 6 rings (SSSR count). The number of carbonyl (C=O) groups is 4. The first kappa shape index (κ1) is 48.6. The molecule has 0 saturated carbocycles. The zero-order chi connectivity index (χ0) is 45.7. The summed E-state index contributed by atoms with van der Waals surface area (Å²) in [7, 11) is 1.67. The summed E-state index contributed by atoms with van der Waals surface area (Å²) in [5.74, 6) is -6.54. The van der Waals surface area contributed by atoms with E-state index in [4.69, 9.17) is 46.0 Å². The number of nitrogens with zero attached hydrogens (tertiary/aromatic N) is 5. The van der Waals surface area contributed by atoms with Crippen molar-refractivity contribution in [3.63, 3.8) is 0 Å². The van der Waals surface area contributed by atoms with E-state index in [0.29, 0.717) is 36.3 Å². The summed E-state index contributed by atoms with van der Waals surface area (Å²) in [5, 5.41) is 31.4. The fourth-order valence-electron chi connectivity index (χ4n) is 4.92. The van der Waals surface area contributed by atoms with E-state index in [9.17, 15) is 44.3 Å². The number of amides is 2. The first-order valence-electron chi connectivity index (χ1n) is 16.9. The van der Waals surface area contributed by atoms with Crippen LogP contribution in [0.2, 0.25) is 5.02 Å². The zero-order valence-electron chi connectivity index (χ0n) is 31.0.